The smallest absolute Gasteiger partial charge is 0.0972 e. The van der Waals surface area contributed by atoms with Crippen LogP contribution in [0, 0.1) is 0 Å². The van der Waals surface area contributed by atoms with Gasteiger partial charge >= 0.3 is 0 Å². The van der Waals surface area contributed by atoms with E-state index in [4.69, 9.17) is 11.6 Å². The van der Waals surface area contributed by atoms with E-state index in [2.05, 4.69) is 95.4 Å². The third-order valence-electron chi connectivity index (χ3n) is 6.44. The van der Waals surface area contributed by atoms with E-state index in [9.17, 15) is 0 Å². The first-order chi connectivity index (χ1) is 16.6. The standard InChI is InChI=1S/C28H32ClN5/c1-5-33(6-2)22-15-13-21(14-16-22)23-10-9-11-25-28(23)26(31-32-30-25)19-20-12-17-27(24(29)18-20)34(7-3)8-4/h9-18H,5-8,19H2,1-4H3. The number of rotatable bonds is 9. The Morgan fingerprint density at radius 3 is 2.12 bits per heavy atom. The summed E-state index contributed by atoms with van der Waals surface area (Å²) >= 11 is 6.66. The first kappa shape index (κ1) is 24.0. The molecular weight excluding hydrogens is 442 g/mol. The number of aromatic nitrogens is 3. The van der Waals surface area contributed by atoms with E-state index in [1.165, 1.54) is 5.69 Å². The van der Waals surface area contributed by atoms with E-state index in [1.807, 2.05) is 18.2 Å². The fraction of sp³-hybridized carbons (Fsp3) is 0.321. The highest BCUT2D eigenvalue weighted by Crippen LogP contribution is 2.33. The van der Waals surface area contributed by atoms with Gasteiger partial charge in [0.1, 0.15) is 0 Å². The molecule has 0 fully saturated rings. The van der Waals surface area contributed by atoms with Gasteiger partial charge in [0.25, 0.3) is 0 Å². The number of hydrogen-bond acceptors (Lipinski definition) is 5. The highest BCUT2D eigenvalue weighted by atomic mass is 35.5. The van der Waals surface area contributed by atoms with Crippen molar-refractivity contribution in [3.05, 3.63) is 76.9 Å². The maximum Gasteiger partial charge on any atom is 0.0972 e. The molecule has 6 heteroatoms. The second kappa shape index (κ2) is 10.8. The van der Waals surface area contributed by atoms with Gasteiger partial charge in [0.05, 0.1) is 21.9 Å². The largest absolute Gasteiger partial charge is 0.372 e. The molecule has 0 N–H and O–H groups in total. The predicted molar refractivity (Wildman–Crippen MR) is 144 cm³/mol. The Bertz CT molecular complexity index is 1240. The molecule has 0 spiro atoms. The Hall–Kier alpha value is -3.18. The van der Waals surface area contributed by atoms with Gasteiger partial charge in [0, 0.05) is 43.7 Å². The Balaban J connectivity index is 1.72. The molecular formula is C28H32ClN5. The summed E-state index contributed by atoms with van der Waals surface area (Å²) in [5.74, 6) is 0. The molecule has 0 aliphatic heterocycles. The SMILES string of the molecule is CCN(CC)c1ccc(-c2cccc3nnnc(Cc4ccc(N(CC)CC)c(Cl)c4)c23)cc1. The second-order valence-electron chi connectivity index (χ2n) is 8.29. The van der Waals surface area contributed by atoms with Gasteiger partial charge in [-0.15, -0.1) is 10.2 Å². The number of nitrogens with zero attached hydrogens (tertiary/aromatic N) is 5. The maximum atomic E-state index is 6.66. The van der Waals surface area contributed by atoms with Crippen molar-refractivity contribution < 1.29 is 0 Å². The molecule has 5 nitrogen and oxygen atoms in total. The molecule has 176 valence electrons. The Morgan fingerprint density at radius 2 is 1.47 bits per heavy atom. The molecule has 0 saturated carbocycles. The predicted octanol–water partition coefficient (Wildman–Crippen LogP) is 6.63. The van der Waals surface area contributed by atoms with Crippen LogP contribution in [0.4, 0.5) is 11.4 Å². The summed E-state index contributed by atoms with van der Waals surface area (Å²) in [5, 5.41) is 14.6. The van der Waals surface area contributed by atoms with Crippen molar-refractivity contribution >= 4 is 33.9 Å². The molecule has 1 aromatic heterocycles. The van der Waals surface area contributed by atoms with Crippen LogP contribution in [-0.4, -0.2) is 41.6 Å². The van der Waals surface area contributed by atoms with Gasteiger partial charge in [-0.25, -0.2) is 0 Å². The topological polar surface area (TPSA) is 45.2 Å². The summed E-state index contributed by atoms with van der Waals surface area (Å²) in [6, 6.07) is 21.2. The minimum absolute atomic E-state index is 0.638. The monoisotopic (exact) mass is 473 g/mol. The number of halogens is 1. The van der Waals surface area contributed by atoms with E-state index >= 15 is 0 Å². The lowest BCUT2D eigenvalue weighted by atomic mass is 9.97. The van der Waals surface area contributed by atoms with Gasteiger partial charge in [0.15, 0.2) is 0 Å². The molecule has 1 heterocycles. The summed E-state index contributed by atoms with van der Waals surface area (Å²) in [7, 11) is 0. The van der Waals surface area contributed by atoms with Gasteiger partial charge in [-0.3, -0.25) is 0 Å². The molecule has 4 rings (SSSR count). The molecule has 0 unspecified atom stereocenters. The van der Waals surface area contributed by atoms with Crippen LogP contribution in [0.1, 0.15) is 39.0 Å². The minimum Gasteiger partial charge on any atom is -0.372 e. The zero-order chi connectivity index (χ0) is 24.1. The van der Waals surface area contributed by atoms with E-state index in [0.717, 1.165) is 70.2 Å². The van der Waals surface area contributed by atoms with Gasteiger partial charge < -0.3 is 9.80 Å². The first-order valence-corrected chi connectivity index (χ1v) is 12.5. The van der Waals surface area contributed by atoms with Crippen LogP contribution >= 0.6 is 11.6 Å². The van der Waals surface area contributed by atoms with Crippen LogP contribution in [0.25, 0.3) is 22.0 Å². The molecule has 0 radical (unpaired) electrons. The number of anilines is 2. The van der Waals surface area contributed by atoms with Crippen molar-refractivity contribution in [2.75, 3.05) is 36.0 Å². The lowest BCUT2D eigenvalue weighted by Gasteiger charge is -2.22. The quantitative estimate of drug-likeness (QED) is 0.273. The lowest BCUT2D eigenvalue weighted by molar-refractivity contribution is 0.849. The zero-order valence-corrected chi connectivity index (χ0v) is 21.2. The fourth-order valence-corrected chi connectivity index (χ4v) is 4.90. The average Bonchev–Trinajstić information content (AvgIpc) is 2.87. The summed E-state index contributed by atoms with van der Waals surface area (Å²) in [6.45, 7) is 12.5. The molecule has 0 atom stereocenters. The maximum absolute atomic E-state index is 6.66. The molecule has 4 aromatic rings. The van der Waals surface area contributed by atoms with Crippen molar-refractivity contribution in [1.29, 1.82) is 0 Å². The van der Waals surface area contributed by atoms with Crippen molar-refractivity contribution in [1.82, 2.24) is 15.4 Å². The lowest BCUT2D eigenvalue weighted by Crippen LogP contribution is -2.22. The Kier molecular flexibility index (Phi) is 7.63. The van der Waals surface area contributed by atoms with Crippen LogP contribution in [-0.2, 0) is 6.42 Å². The van der Waals surface area contributed by atoms with Gasteiger partial charge in [0.2, 0.25) is 0 Å². The van der Waals surface area contributed by atoms with E-state index in [-0.39, 0.29) is 0 Å². The van der Waals surface area contributed by atoms with Crippen molar-refractivity contribution in [2.24, 2.45) is 0 Å². The summed E-state index contributed by atoms with van der Waals surface area (Å²) in [6.07, 6.45) is 0.638. The Labute approximate surface area is 207 Å². The molecule has 3 aromatic carbocycles. The highest BCUT2D eigenvalue weighted by Gasteiger charge is 2.14. The first-order valence-electron chi connectivity index (χ1n) is 12.1. The van der Waals surface area contributed by atoms with Crippen molar-refractivity contribution in [3.8, 4) is 11.1 Å². The van der Waals surface area contributed by atoms with E-state index < -0.39 is 0 Å². The number of benzene rings is 3. The van der Waals surface area contributed by atoms with Crippen molar-refractivity contribution in [2.45, 2.75) is 34.1 Å². The van der Waals surface area contributed by atoms with E-state index in [0.29, 0.717) is 6.42 Å². The summed E-state index contributed by atoms with van der Waals surface area (Å²) in [4.78, 5) is 4.60. The molecule has 0 amide bonds. The minimum atomic E-state index is 0.638. The third-order valence-corrected chi connectivity index (χ3v) is 6.75. The van der Waals surface area contributed by atoms with Crippen LogP contribution in [0.3, 0.4) is 0 Å². The second-order valence-corrected chi connectivity index (χ2v) is 8.70. The summed E-state index contributed by atoms with van der Waals surface area (Å²) in [5.41, 5.74) is 7.42. The molecule has 0 aliphatic carbocycles. The normalized spacial score (nSPS) is 11.1. The molecule has 0 aliphatic rings. The zero-order valence-electron chi connectivity index (χ0n) is 20.4. The van der Waals surface area contributed by atoms with Gasteiger partial charge in [-0.05, 0) is 79.9 Å². The highest BCUT2D eigenvalue weighted by molar-refractivity contribution is 6.33. The Morgan fingerprint density at radius 1 is 0.765 bits per heavy atom. The van der Waals surface area contributed by atoms with Crippen LogP contribution in [0.15, 0.2) is 60.7 Å². The number of fused-ring (bicyclic) bond motifs is 1. The van der Waals surface area contributed by atoms with Crippen LogP contribution in [0.2, 0.25) is 5.02 Å². The molecule has 0 saturated heterocycles. The molecule has 0 bridgehead atoms. The van der Waals surface area contributed by atoms with Gasteiger partial charge in [-0.2, -0.15) is 0 Å². The molecule has 34 heavy (non-hydrogen) atoms. The average molecular weight is 474 g/mol. The van der Waals surface area contributed by atoms with Gasteiger partial charge in [-0.1, -0.05) is 41.9 Å². The third kappa shape index (κ3) is 4.85. The van der Waals surface area contributed by atoms with E-state index in [1.54, 1.807) is 0 Å². The number of hydrogen-bond donors (Lipinski definition) is 0. The fourth-order valence-electron chi connectivity index (χ4n) is 4.58. The van der Waals surface area contributed by atoms with Crippen molar-refractivity contribution in [3.63, 3.8) is 0 Å². The summed E-state index contributed by atoms with van der Waals surface area (Å²) < 4.78 is 0. The van der Waals surface area contributed by atoms with Crippen LogP contribution in [0.5, 0.6) is 0 Å². The van der Waals surface area contributed by atoms with Crippen LogP contribution < -0.4 is 9.80 Å².